The van der Waals surface area contributed by atoms with E-state index in [9.17, 15) is 4.79 Å². The lowest BCUT2D eigenvalue weighted by Crippen LogP contribution is -2.44. The van der Waals surface area contributed by atoms with Gasteiger partial charge in [0, 0.05) is 50.9 Å². The summed E-state index contributed by atoms with van der Waals surface area (Å²) >= 11 is 0. The van der Waals surface area contributed by atoms with Crippen molar-refractivity contribution in [2.45, 2.75) is 32.4 Å². The van der Waals surface area contributed by atoms with Crippen LogP contribution in [0.1, 0.15) is 25.3 Å². The molecule has 0 aliphatic carbocycles. The molecule has 1 aliphatic rings. The monoisotopic (exact) mass is 319 g/mol. The van der Waals surface area contributed by atoms with Crippen molar-refractivity contribution in [3.8, 4) is 5.88 Å². The van der Waals surface area contributed by atoms with Gasteiger partial charge in [0.1, 0.15) is 0 Å². The number of nitrogens with one attached hydrogen (secondary N) is 2. The van der Waals surface area contributed by atoms with Crippen LogP contribution in [0.3, 0.4) is 0 Å². The van der Waals surface area contributed by atoms with Crippen molar-refractivity contribution in [2.24, 2.45) is 4.99 Å². The number of guanidine groups is 1. The molecule has 2 N–H and O–H groups in total. The van der Waals surface area contributed by atoms with E-state index in [2.05, 4.69) is 20.6 Å². The van der Waals surface area contributed by atoms with E-state index in [0.29, 0.717) is 24.8 Å². The van der Waals surface area contributed by atoms with Crippen LogP contribution in [0.15, 0.2) is 23.3 Å². The fourth-order valence-corrected chi connectivity index (χ4v) is 2.64. The lowest BCUT2D eigenvalue weighted by molar-refractivity contribution is -0.129. The van der Waals surface area contributed by atoms with Gasteiger partial charge in [0.25, 0.3) is 0 Å². The predicted molar refractivity (Wildman–Crippen MR) is 89.4 cm³/mol. The van der Waals surface area contributed by atoms with Gasteiger partial charge in [0.05, 0.1) is 7.11 Å². The molecule has 7 heteroatoms. The molecular formula is C16H25N5O2. The third kappa shape index (κ3) is 4.58. The third-order valence-corrected chi connectivity index (χ3v) is 3.90. The van der Waals surface area contributed by atoms with Crippen LogP contribution in [0.25, 0.3) is 0 Å². The van der Waals surface area contributed by atoms with Crippen LogP contribution in [-0.2, 0) is 11.3 Å². The molecule has 1 aliphatic heterocycles. The van der Waals surface area contributed by atoms with E-state index in [1.807, 2.05) is 24.0 Å². The summed E-state index contributed by atoms with van der Waals surface area (Å²) in [6.45, 7) is 3.99. The van der Waals surface area contributed by atoms with Crippen molar-refractivity contribution in [3.05, 3.63) is 23.9 Å². The number of methoxy groups -OCH3 is 1. The molecule has 23 heavy (non-hydrogen) atoms. The summed E-state index contributed by atoms with van der Waals surface area (Å²) in [5, 5.41) is 6.63. The molecule has 1 amide bonds. The number of hydrogen-bond donors (Lipinski definition) is 2. The summed E-state index contributed by atoms with van der Waals surface area (Å²) in [5.74, 6) is 1.53. The summed E-state index contributed by atoms with van der Waals surface area (Å²) in [4.78, 5) is 22.0. The molecule has 1 fully saturated rings. The fraction of sp³-hybridized carbons (Fsp3) is 0.562. The first-order valence-corrected chi connectivity index (χ1v) is 7.90. The maximum absolute atomic E-state index is 11.7. The lowest BCUT2D eigenvalue weighted by Gasteiger charge is -2.19. The summed E-state index contributed by atoms with van der Waals surface area (Å²) in [6.07, 6.45) is 3.19. The molecule has 0 aromatic carbocycles. The van der Waals surface area contributed by atoms with Crippen molar-refractivity contribution in [1.29, 1.82) is 0 Å². The number of nitrogens with zero attached hydrogens (tertiary/aromatic N) is 3. The van der Waals surface area contributed by atoms with Gasteiger partial charge in [-0.25, -0.2) is 4.98 Å². The first-order chi connectivity index (χ1) is 11.2. The van der Waals surface area contributed by atoms with E-state index >= 15 is 0 Å². The molecule has 1 unspecified atom stereocenters. The molecule has 1 aromatic rings. The average Bonchev–Trinajstić information content (AvgIpc) is 3.06. The Hall–Kier alpha value is -2.31. The Morgan fingerprint density at radius 3 is 3.09 bits per heavy atom. The zero-order valence-electron chi connectivity index (χ0n) is 14.0. The highest BCUT2D eigenvalue weighted by atomic mass is 16.5. The number of ether oxygens (including phenoxy) is 1. The van der Waals surface area contributed by atoms with Crippen LogP contribution in [0.2, 0.25) is 0 Å². The minimum Gasteiger partial charge on any atom is -0.481 e. The van der Waals surface area contributed by atoms with Crippen molar-refractivity contribution in [3.63, 3.8) is 0 Å². The predicted octanol–water partition coefficient (Wildman–Crippen LogP) is 0.766. The number of hydrogen-bond acceptors (Lipinski definition) is 4. The maximum Gasteiger partial charge on any atom is 0.222 e. The number of amides is 1. The Morgan fingerprint density at radius 1 is 1.57 bits per heavy atom. The second kappa shape index (κ2) is 8.36. The highest BCUT2D eigenvalue weighted by molar-refractivity contribution is 5.80. The van der Waals surface area contributed by atoms with E-state index in [0.717, 1.165) is 25.1 Å². The minimum absolute atomic E-state index is 0.206. The van der Waals surface area contributed by atoms with E-state index in [4.69, 9.17) is 4.74 Å². The SMILES string of the molecule is CCC(=O)N1CCC(NC(=NC)NCc2cccnc2OC)C1. The Labute approximate surface area is 137 Å². The number of rotatable bonds is 5. The molecule has 2 heterocycles. The molecule has 2 rings (SSSR count). The quantitative estimate of drug-likeness (QED) is 0.619. The number of carbonyl (C=O) groups is 1. The summed E-state index contributed by atoms with van der Waals surface area (Å²) in [6, 6.07) is 4.07. The zero-order valence-corrected chi connectivity index (χ0v) is 14.0. The summed E-state index contributed by atoms with van der Waals surface area (Å²) < 4.78 is 5.24. The van der Waals surface area contributed by atoms with Gasteiger partial charge in [-0.1, -0.05) is 13.0 Å². The molecule has 0 saturated carbocycles. The second-order valence-corrected chi connectivity index (χ2v) is 5.42. The maximum atomic E-state index is 11.7. The number of likely N-dealkylation sites (tertiary alicyclic amines) is 1. The van der Waals surface area contributed by atoms with Gasteiger partial charge >= 0.3 is 0 Å². The van der Waals surface area contributed by atoms with Gasteiger partial charge in [0.15, 0.2) is 5.96 Å². The Morgan fingerprint density at radius 2 is 2.39 bits per heavy atom. The summed E-state index contributed by atoms with van der Waals surface area (Å²) in [5.41, 5.74) is 0.965. The first kappa shape index (κ1) is 17.1. The molecule has 7 nitrogen and oxygen atoms in total. The molecule has 0 radical (unpaired) electrons. The van der Waals surface area contributed by atoms with E-state index < -0.39 is 0 Å². The van der Waals surface area contributed by atoms with Crippen molar-refractivity contribution >= 4 is 11.9 Å². The highest BCUT2D eigenvalue weighted by Crippen LogP contribution is 2.13. The molecule has 0 bridgehead atoms. The van der Waals surface area contributed by atoms with Crippen LogP contribution in [0, 0.1) is 0 Å². The smallest absolute Gasteiger partial charge is 0.222 e. The Bertz CT molecular complexity index is 561. The minimum atomic E-state index is 0.206. The molecule has 126 valence electrons. The topological polar surface area (TPSA) is 78.9 Å². The second-order valence-electron chi connectivity index (χ2n) is 5.42. The molecule has 1 saturated heterocycles. The molecular weight excluding hydrogens is 294 g/mol. The number of pyridine rings is 1. The normalized spacial score (nSPS) is 18.0. The van der Waals surface area contributed by atoms with Crippen molar-refractivity contribution in [2.75, 3.05) is 27.2 Å². The van der Waals surface area contributed by atoms with Crippen LogP contribution in [0.5, 0.6) is 5.88 Å². The van der Waals surface area contributed by atoms with Gasteiger partial charge in [-0.3, -0.25) is 9.79 Å². The zero-order chi connectivity index (χ0) is 16.7. The van der Waals surface area contributed by atoms with Crippen LogP contribution >= 0.6 is 0 Å². The van der Waals surface area contributed by atoms with E-state index in [1.54, 1.807) is 20.4 Å². The third-order valence-electron chi connectivity index (χ3n) is 3.90. The van der Waals surface area contributed by atoms with Crippen molar-refractivity contribution < 1.29 is 9.53 Å². The van der Waals surface area contributed by atoms with E-state index in [-0.39, 0.29) is 11.9 Å². The molecule has 1 aromatic heterocycles. The van der Waals surface area contributed by atoms with Gasteiger partial charge in [0.2, 0.25) is 11.8 Å². The largest absolute Gasteiger partial charge is 0.481 e. The Kier molecular flexibility index (Phi) is 6.19. The number of aromatic nitrogens is 1. The van der Waals surface area contributed by atoms with Gasteiger partial charge in [-0.05, 0) is 12.5 Å². The Balaban J connectivity index is 1.86. The molecule has 1 atom stereocenters. The number of carbonyl (C=O) groups excluding carboxylic acids is 1. The van der Waals surface area contributed by atoms with Crippen LogP contribution in [-0.4, -0.2) is 55.0 Å². The van der Waals surface area contributed by atoms with Gasteiger partial charge < -0.3 is 20.3 Å². The fourth-order valence-electron chi connectivity index (χ4n) is 2.64. The highest BCUT2D eigenvalue weighted by Gasteiger charge is 2.25. The first-order valence-electron chi connectivity index (χ1n) is 7.90. The van der Waals surface area contributed by atoms with Crippen LogP contribution < -0.4 is 15.4 Å². The molecule has 0 spiro atoms. The standard InChI is InChI=1S/C16H25N5O2/c1-4-14(22)21-9-7-13(11-21)20-16(17-2)19-10-12-6-5-8-18-15(12)23-3/h5-6,8,13H,4,7,9-11H2,1-3H3,(H2,17,19,20). The number of aliphatic imine (C=N–C) groups is 1. The average molecular weight is 319 g/mol. The van der Waals surface area contributed by atoms with Crippen LogP contribution in [0.4, 0.5) is 0 Å². The van der Waals surface area contributed by atoms with Crippen molar-refractivity contribution in [1.82, 2.24) is 20.5 Å². The lowest BCUT2D eigenvalue weighted by atomic mass is 10.2. The van der Waals surface area contributed by atoms with E-state index in [1.165, 1.54) is 0 Å². The van der Waals surface area contributed by atoms with Gasteiger partial charge in [-0.15, -0.1) is 0 Å². The van der Waals surface area contributed by atoms with Gasteiger partial charge in [-0.2, -0.15) is 0 Å². The summed E-state index contributed by atoms with van der Waals surface area (Å²) in [7, 11) is 3.34.